The van der Waals surface area contributed by atoms with Gasteiger partial charge >= 0.3 is 0 Å². The summed E-state index contributed by atoms with van der Waals surface area (Å²) in [6, 6.07) is 0.545. The quantitative estimate of drug-likeness (QED) is 0.792. The Labute approximate surface area is 111 Å². The number of hydrogen-bond acceptors (Lipinski definition) is 3. The molecule has 0 saturated heterocycles. The number of aliphatic hydroxyl groups is 1. The molecule has 0 radical (unpaired) electrons. The molecular weight excluding hydrogens is 226 g/mol. The van der Waals surface area contributed by atoms with E-state index in [9.17, 15) is 5.11 Å². The first-order valence-corrected chi connectivity index (χ1v) is 7.58. The van der Waals surface area contributed by atoms with Crippen LogP contribution in [0.25, 0.3) is 0 Å². The zero-order valence-electron chi connectivity index (χ0n) is 12.1. The summed E-state index contributed by atoms with van der Waals surface area (Å²) in [7, 11) is 0. The second-order valence-corrected chi connectivity index (χ2v) is 6.57. The van der Waals surface area contributed by atoms with Gasteiger partial charge in [-0.2, -0.15) is 0 Å². The second-order valence-electron chi connectivity index (χ2n) is 6.57. The lowest BCUT2D eigenvalue weighted by atomic mass is 9.64. The highest BCUT2D eigenvalue weighted by atomic mass is 16.5. The Morgan fingerprint density at radius 2 is 2.00 bits per heavy atom. The molecule has 106 valence electrons. The fourth-order valence-electron chi connectivity index (χ4n) is 3.44. The number of aliphatic hydroxyl groups excluding tert-OH is 1. The van der Waals surface area contributed by atoms with Crippen molar-refractivity contribution in [2.45, 2.75) is 71.1 Å². The lowest BCUT2D eigenvalue weighted by Crippen LogP contribution is -2.61. The predicted octanol–water partition coefficient (Wildman–Crippen LogP) is 2.33. The maximum absolute atomic E-state index is 9.97. The van der Waals surface area contributed by atoms with Gasteiger partial charge in [-0.25, -0.2) is 0 Å². The van der Waals surface area contributed by atoms with Crippen LogP contribution in [0.4, 0.5) is 0 Å². The molecule has 2 saturated carbocycles. The highest BCUT2D eigenvalue weighted by Gasteiger charge is 2.48. The maximum atomic E-state index is 9.97. The van der Waals surface area contributed by atoms with Gasteiger partial charge in [0.15, 0.2) is 0 Å². The zero-order chi connectivity index (χ0) is 13.2. The molecule has 0 aromatic heterocycles. The molecule has 0 heterocycles. The normalized spacial score (nSPS) is 39.3. The van der Waals surface area contributed by atoms with E-state index in [1.54, 1.807) is 0 Å². The molecule has 0 amide bonds. The van der Waals surface area contributed by atoms with E-state index >= 15 is 0 Å². The summed E-state index contributed by atoms with van der Waals surface area (Å²) in [5.74, 6) is 0.459. The second kappa shape index (κ2) is 5.89. The molecule has 2 N–H and O–H groups in total. The van der Waals surface area contributed by atoms with Gasteiger partial charge in [-0.1, -0.05) is 26.7 Å². The van der Waals surface area contributed by atoms with Crippen molar-refractivity contribution < 1.29 is 9.84 Å². The van der Waals surface area contributed by atoms with Crippen LogP contribution in [0.15, 0.2) is 0 Å². The van der Waals surface area contributed by atoms with Crippen LogP contribution >= 0.6 is 0 Å². The molecule has 2 aliphatic carbocycles. The fraction of sp³-hybridized carbons (Fsp3) is 1.00. The van der Waals surface area contributed by atoms with Crippen molar-refractivity contribution in [2.75, 3.05) is 13.2 Å². The third-order valence-electron chi connectivity index (χ3n) is 5.04. The Balaban J connectivity index is 1.74. The van der Waals surface area contributed by atoms with Crippen LogP contribution in [0, 0.1) is 11.3 Å². The molecule has 2 aliphatic rings. The Morgan fingerprint density at radius 3 is 2.61 bits per heavy atom. The van der Waals surface area contributed by atoms with Crippen molar-refractivity contribution >= 4 is 0 Å². The molecule has 3 nitrogen and oxygen atoms in total. The van der Waals surface area contributed by atoms with E-state index in [1.165, 1.54) is 19.3 Å². The number of hydrogen-bond donors (Lipinski definition) is 2. The Kier molecular flexibility index (Phi) is 4.68. The van der Waals surface area contributed by atoms with Gasteiger partial charge < -0.3 is 15.2 Å². The van der Waals surface area contributed by atoms with Crippen molar-refractivity contribution in [3.63, 3.8) is 0 Å². The predicted molar refractivity (Wildman–Crippen MR) is 73.6 cm³/mol. The Hall–Kier alpha value is -0.120. The van der Waals surface area contributed by atoms with E-state index in [2.05, 4.69) is 26.1 Å². The van der Waals surface area contributed by atoms with E-state index in [1.807, 2.05) is 0 Å². The molecule has 0 aromatic carbocycles. The summed E-state index contributed by atoms with van der Waals surface area (Å²) in [4.78, 5) is 0. The number of rotatable bonds is 5. The van der Waals surface area contributed by atoms with Gasteiger partial charge in [-0.05, 0) is 32.1 Å². The average Bonchev–Trinajstić information content (AvgIpc) is 2.35. The van der Waals surface area contributed by atoms with Crippen LogP contribution in [-0.2, 0) is 4.74 Å². The summed E-state index contributed by atoms with van der Waals surface area (Å²) in [5, 5.41) is 13.6. The summed E-state index contributed by atoms with van der Waals surface area (Å²) in [6.07, 6.45) is 6.06. The molecule has 2 fully saturated rings. The first kappa shape index (κ1) is 14.3. The highest BCUT2D eigenvalue weighted by Crippen LogP contribution is 2.42. The molecule has 0 aliphatic heterocycles. The smallest absolute Gasteiger partial charge is 0.0655 e. The molecule has 0 bridgehead atoms. The van der Waals surface area contributed by atoms with Crippen LogP contribution in [-0.4, -0.2) is 36.5 Å². The minimum absolute atomic E-state index is 0.0860. The highest BCUT2D eigenvalue weighted by molar-refractivity contribution is 5.03. The summed E-state index contributed by atoms with van der Waals surface area (Å²) < 4.78 is 5.75. The van der Waals surface area contributed by atoms with Crippen LogP contribution in [0.3, 0.4) is 0 Å². The van der Waals surface area contributed by atoms with E-state index in [0.29, 0.717) is 18.1 Å². The van der Waals surface area contributed by atoms with Gasteiger partial charge in [-0.3, -0.25) is 0 Å². The van der Waals surface area contributed by atoms with Crippen LogP contribution in [0.2, 0.25) is 0 Å². The van der Waals surface area contributed by atoms with E-state index < -0.39 is 0 Å². The van der Waals surface area contributed by atoms with Crippen LogP contribution in [0.1, 0.15) is 52.9 Å². The van der Waals surface area contributed by atoms with Gasteiger partial charge in [0.2, 0.25) is 0 Å². The molecule has 2 rings (SSSR count). The zero-order valence-corrected chi connectivity index (χ0v) is 12.1. The average molecular weight is 255 g/mol. The largest absolute Gasteiger partial charge is 0.393 e. The summed E-state index contributed by atoms with van der Waals surface area (Å²) >= 11 is 0. The van der Waals surface area contributed by atoms with Crippen molar-refractivity contribution in [2.24, 2.45) is 11.3 Å². The van der Waals surface area contributed by atoms with Crippen LogP contribution in [0.5, 0.6) is 0 Å². The van der Waals surface area contributed by atoms with Gasteiger partial charge in [0.25, 0.3) is 0 Å². The van der Waals surface area contributed by atoms with Crippen LogP contribution < -0.4 is 5.32 Å². The molecule has 3 heteroatoms. The molecule has 4 unspecified atom stereocenters. The summed E-state index contributed by atoms with van der Waals surface area (Å²) in [6.45, 7) is 8.41. The van der Waals surface area contributed by atoms with Crippen molar-refractivity contribution in [1.29, 1.82) is 0 Å². The molecular formula is C15H29NO2. The molecule has 4 atom stereocenters. The molecule has 0 aromatic rings. The minimum Gasteiger partial charge on any atom is -0.393 e. The monoisotopic (exact) mass is 255 g/mol. The first-order valence-electron chi connectivity index (χ1n) is 7.58. The molecule has 0 spiro atoms. The standard InChI is InChI=1S/C15H29NO2/c1-4-18-14-9-13(15(14,2)3)16-10-11-7-5-6-8-12(11)17/h11-14,16-17H,4-10H2,1-3H3. The van der Waals surface area contributed by atoms with Gasteiger partial charge in [0, 0.05) is 24.6 Å². The van der Waals surface area contributed by atoms with E-state index in [-0.39, 0.29) is 11.5 Å². The SMILES string of the molecule is CCOC1CC(NCC2CCCCC2O)C1(C)C. The lowest BCUT2D eigenvalue weighted by Gasteiger charge is -2.52. The van der Waals surface area contributed by atoms with E-state index in [0.717, 1.165) is 26.0 Å². The van der Waals surface area contributed by atoms with Gasteiger partial charge in [0.1, 0.15) is 0 Å². The van der Waals surface area contributed by atoms with Crippen molar-refractivity contribution in [3.05, 3.63) is 0 Å². The number of nitrogens with one attached hydrogen (secondary N) is 1. The minimum atomic E-state index is -0.0860. The van der Waals surface area contributed by atoms with E-state index in [4.69, 9.17) is 4.74 Å². The first-order chi connectivity index (χ1) is 8.55. The number of ether oxygens (including phenoxy) is 1. The summed E-state index contributed by atoms with van der Waals surface area (Å²) in [5.41, 5.74) is 0.232. The lowest BCUT2D eigenvalue weighted by molar-refractivity contribution is -0.115. The third-order valence-corrected chi connectivity index (χ3v) is 5.04. The molecule has 18 heavy (non-hydrogen) atoms. The maximum Gasteiger partial charge on any atom is 0.0655 e. The topological polar surface area (TPSA) is 41.5 Å². The van der Waals surface area contributed by atoms with Gasteiger partial charge in [0.05, 0.1) is 12.2 Å². The van der Waals surface area contributed by atoms with Gasteiger partial charge in [-0.15, -0.1) is 0 Å². The Bertz CT molecular complexity index is 267. The third kappa shape index (κ3) is 2.89. The van der Waals surface area contributed by atoms with Crippen molar-refractivity contribution in [1.82, 2.24) is 5.32 Å². The Morgan fingerprint density at radius 1 is 1.28 bits per heavy atom. The fourth-order valence-corrected chi connectivity index (χ4v) is 3.44. The van der Waals surface area contributed by atoms with Crippen molar-refractivity contribution in [3.8, 4) is 0 Å².